The van der Waals surface area contributed by atoms with Crippen LogP contribution in [0.15, 0.2) is 41.4 Å². The molecule has 23 heavy (non-hydrogen) atoms. The van der Waals surface area contributed by atoms with E-state index in [9.17, 15) is 18.3 Å². The number of carbonyl (C=O) groups is 1. The molecule has 1 aromatic carbocycles. The van der Waals surface area contributed by atoms with Crippen molar-refractivity contribution in [1.82, 2.24) is 9.29 Å². The molecule has 1 aliphatic rings. The number of nitrogens with zero attached hydrogens (tertiary/aromatic N) is 2. The Kier molecular flexibility index (Phi) is 4.08. The average Bonchev–Trinajstić information content (AvgIpc) is 2.54. The topological polar surface area (TPSA) is 87.6 Å². The molecule has 122 valence electrons. The fourth-order valence-electron chi connectivity index (χ4n) is 2.94. The molecule has 0 radical (unpaired) electrons. The van der Waals surface area contributed by atoms with E-state index in [1.807, 2.05) is 25.1 Å². The largest absolute Gasteiger partial charge is 0.481 e. The average molecular weight is 334 g/mol. The minimum absolute atomic E-state index is 0.00562. The number of sulfonamides is 1. The Labute approximate surface area is 134 Å². The number of aromatic nitrogens is 1. The van der Waals surface area contributed by atoms with Gasteiger partial charge in [-0.2, -0.15) is 4.31 Å². The van der Waals surface area contributed by atoms with Gasteiger partial charge in [-0.1, -0.05) is 18.2 Å². The molecule has 1 aliphatic heterocycles. The number of piperidine rings is 1. The number of pyridine rings is 1. The third-order valence-electron chi connectivity index (χ3n) is 4.35. The molecule has 0 aliphatic carbocycles. The number of para-hydroxylation sites is 1. The van der Waals surface area contributed by atoms with Crippen LogP contribution in [-0.2, 0) is 14.8 Å². The Balaban J connectivity index is 1.99. The summed E-state index contributed by atoms with van der Waals surface area (Å²) >= 11 is 0. The van der Waals surface area contributed by atoms with Crippen LogP contribution in [0.4, 0.5) is 0 Å². The Hall–Kier alpha value is -1.99. The Morgan fingerprint density at radius 2 is 2.04 bits per heavy atom. The minimum atomic E-state index is -3.76. The number of carboxylic acid groups (broad SMARTS) is 1. The summed E-state index contributed by atoms with van der Waals surface area (Å²) in [5, 5.41) is 9.93. The first-order valence-electron chi connectivity index (χ1n) is 7.49. The second kappa shape index (κ2) is 5.90. The molecule has 2 aromatic rings. The van der Waals surface area contributed by atoms with Crippen molar-refractivity contribution < 1.29 is 18.3 Å². The quantitative estimate of drug-likeness (QED) is 0.929. The van der Waals surface area contributed by atoms with Gasteiger partial charge in [-0.15, -0.1) is 0 Å². The highest BCUT2D eigenvalue weighted by Crippen LogP contribution is 2.29. The van der Waals surface area contributed by atoms with Gasteiger partial charge in [0.1, 0.15) is 4.90 Å². The predicted molar refractivity (Wildman–Crippen MR) is 85.5 cm³/mol. The summed E-state index contributed by atoms with van der Waals surface area (Å²) in [6, 6.07) is 8.66. The van der Waals surface area contributed by atoms with Crippen LogP contribution in [0.25, 0.3) is 10.9 Å². The first-order chi connectivity index (χ1) is 10.9. The lowest BCUT2D eigenvalue weighted by Gasteiger charge is -2.35. The third kappa shape index (κ3) is 2.94. The summed E-state index contributed by atoms with van der Waals surface area (Å²) in [7, 11) is -3.76. The van der Waals surface area contributed by atoms with Crippen LogP contribution in [0, 0.1) is 5.92 Å². The molecule has 3 rings (SSSR count). The van der Waals surface area contributed by atoms with Crippen molar-refractivity contribution in [2.75, 3.05) is 6.54 Å². The Morgan fingerprint density at radius 3 is 2.78 bits per heavy atom. The molecule has 2 atom stereocenters. The maximum Gasteiger partial charge on any atom is 0.307 e. The van der Waals surface area contributed by atoms with Gasteiger partial charge in [0.2, 0.25) is 10.0 Å². The maximum atomic E-state index is 12.9. The van der Waals surface area contributed by atoms with Crippen molar-refractivity contribution in [2.24, 2.45) is 5.92 Å². The highest BCUT2D eigenvalue weighted by molar-refractivity contribution is 7.89. The lowest BCUT2D eigenvalue weighted by atomic mass is 9.96. The van der Waals surface area contributed by atoms with E-state index in [0.717, 1.165) is 10.9 Å². The number of hydrogen-bond donors (Lipinski definition) is 1. The van der Waals surface area contributed by atoms with Gasteiger partial charge in [0.05, 0.1) is 11.4 Å². The number of rotatable bonds is 3. The summed E-state index contributed by atoms with van der Waals surface area (Å²) in [4.78, 5) is 15.5. The summed E-state index contributed by atoms with van der Waals surface area (Å²) in [6.45, 7) is 1.82. The van der Waals surface area contributed by atoms with Crippen molar-refractivity contribution >= 4 is 26.9 Å². The lowest BCUT2D eigenvalue weighted by Crippen LogP contribution is -2.47. The second-order valence-electron chi connectivity index (χ2n) is 5.90. The van der Waals surface area contributed by atoms with E-state index in [0.29, 0.717) is 12.8 Å². The number of aliphatic carboxylic acids is 1. The van der Waals surface area contributed by atoms with E-state index in [2.05, 4.69) is 4.98 Å². The monoisotopic (exact) mass is 334 g/mol. The maximum absolute atomic E-state index is 12.9. The standard InChI is InChI=1S/C16H18N2O4S/c1-11-6-7-13(16(19)20)10-18(11)23(21,22)14-8-12-4-2-3-5-15(12)17-9-14/h2-5,8-9,11,13H,6-7,10H2,1H3,(H,19,20). The van der Waals surface area contributed by atoms with Crippen molar-refractivity contribution in [3.8, 4) is 0 Å². The van der Waals surface area contributed by atoms with Gasteiger partial charge in [0.25, 0.3) is 0 Å². The predicted octanol–water partition coefficient (Wildman–Crippen LogP) is 2.11. The Bertz CT molecular complexity index is 850. The van der Waals surface area contributed by atoms with Crippen LogP contribution in [0.3, 0.4) is 0 Å². The molecule has 2 unspecified atom stereocenters. The van der Waals surface area contributed by atoms with Gasteiger partial charge in [-0.05, 0) is 31.9 Å². The zero-order valence-electron chi connectivity index (χ0n) is 12.7. The molecule has 6 nitrogen and oxygen atoms in total. The van der Waals surface area contributed by atoms with Crippen LogP contribution in [0.5, 0.6) is 0 Å². The van der Waals surface area contributed by atoms with E-state index in [4.69, 9.17) is 0 Å². The molecule has 0 amide bonds. The van der Waals surface area contributed by atoms with Crippen molar-refractivity contribution in [3.63, 3.8) is 0 Å². The molecule has 0 saturated carbocycles. The van der Waals surface area contributed by atoms with Crippen LogP contribution in [0.2, 0.25) is 0 Å². The number of hydrogen-bond acceptors (Lipinski definition) is 4. The lowest BCUT2D eigenvalue weighted by molar-refractivity contribution is -0.143. The molecular formula is C16H18N2O4S. The molecule has 0 spiro atoms. The van der Waals surface area contributed by atoms with Crippen LogP contribution in [0.1, 0.15) is 19.8 Å². The number of benzene rings is 1. The third-order valence-corrected chi connectivity index (χ3v) is 6.29. The van der Waals surface area contributed by atoms with Gasteiger partial charge in [0.15, 0.2) is 0 Å². The van der Waals surface area contributed by atoms with Crippen molar-refractivity contribution in [3.05, 3.63) is 36.5 Å². The molecular weight excluding hydrogens is 316 g/mol. The van der Waals surface area contributed by atoms with Crippen LogP contribution >= 0.6 is 0 Å². The molecule has 2 heterocycles. The second-order valence-corrected chi connectivity index (χ2v) is 7.79. The first kappa shape index (κ1) is 15.9. The summed E-state index contributed by atoms with van der Waals surface area (Å²) in [6.07, 6.45) is 2.38. The molecule has 1 N–H and O–H groups in total. The number of fused-ring (bicyclic) bond motifs is 1. The van der Waals surface area contributed by atoms with Crippen molar-refractivity contribution in [1.29, 1.82) is 0 Å². The van der Waals surface area contributed by atoms with E-state index < -0.39 is 21.9 Å². The minimum Gasteiger partial charge on any atom is -0.481 e. The van der Waals surface area contributed by atoms with E-state index in [1.165, 1.54) is 10.5 Å². The van der Waals surface area contributed by atoms with Gasteiger partial charge >= 0.3 is 5.97 Å². The van der Waals surface area contributed by atoms with E-state index >= 15 is 0 Å². The van der Waals surface area contributed by atoms with Gasteiger partial charge in [0, 0.05) is 24.2 Å². The fraction of sp³-hybridized carbons (Fsp3) is 0.375. The zero-order chi connectivity index (χ0) is 16.6. The van der Waals surface area contributed by atoms with Gasteiger partial charge < -0.3 is 5.11 Å². The summed E-state index contributed by atoms with van der Waals surface area (Å²) in [5.41, 5.74) is 0.724. The van der Waals surface area contributed by atoms with E-state index in [1.54, 1.807) is 12.1 Å². The smallest absolute Gasteiger partial charge is 0.307 e. The highest BCUT2D eigenvalue weighted by atomic mass is 32.2. The van der Waals surface area contributed by atoms with Crippen molar-refractivity contribution in [2.45, 2.75) is 30.7 Å². The van der Waals surface area contributed by atoms with Gasteiger partial charge in [-0.25, -0.2) is 8.42 Å². The van der Waals surface area contributed by atoms with Crippen LogP contribution in [-0.4, -0.2) is 41.4 Å². The zero-order valence-corrected chi connectivity index (χ0v) is 13.5. The number of carboxylic acids is 1. The molecule has 1 fully saturated rings. The Morgan fingerprint density at radius 1 is 1.30 bits per heavy atom. The SMILES string of the molecule is CC1CCC(C(=O)O)CN1S(=O)(=O)c1cnc2ccccc2c1. The highest BCUT2D eigenvalue weighted by Gasteiger charge is 2.37. The fourth-order valence-corrected chi connectivity index (χ4v) is 4.63. The van der Waals surface area contributed by atoms with Crippen LogP contribution < -0.4 is 0 Å². The first-order valence-corrected chi connectivity index (χ1v) is 8.93. The molecule has 7 heteroatoms. The molecule has 1 aromatic heterocycles. The van der Waals surface area contributed by atoms with Gasteiger partial charge in [-0.3, -0.25) is 9.78 Å². The molecule has 1 saturated heterocycles. The molecule has 0 bridgehead atoms. The summed E-state index contributed by atoms with van der Waals surface area (Å²) < 4.78 is 27.1. The van der Waals surface area contributed by atoms with E-state index in [-0.39, 0.29) is 17.5 Å². The normalized spacial score (nSPS) is 23.0. The summed E-state index contributed by atoms with van der Waals surface area (Å²) in [5.74, 6) is -1.61.